The maximum absolute atomic E-state index is 12.6. The maximum atomic E-state index is 12.6. The molecule has 0 aromatic heterocycles. The number of carbonyl (C=O) groups excluding carboxylic acids is 1. The number of fused-ring (bicyclic) bond motifs is 1. The number of carbonyl (C=O) groups is 1. The molecule has 1 aliphatic heterocycles. The summed E-state index contributed by atoms with van der Waals surface area (Å²) in [6.45, 7) is 3.91. The third-order valence-electron chi connectivity index (χ3n) is 3.68. The van der Waals surface area contributed by atoms with Crippen LogP contribution >= 0.6 is 15.9 Å². The smallest absolute Gasteiger partial charge is 0.410 e. The molecule has 0 spiro atoms. The minimum Gasteiger partial charge on any atom is -0.410 e. The molecule has 2 aromatic rings. The summed E-state index contributed by atoms with van der Waals surface area (Å²) in [6.07, 6.45) is 3.91. The molecule has 4 heteroatoms. The van der Waals surface area contributed by atoms with Crippen molar-refractivity contribution in [1.82, 2.24) is 4.90 Å². The van der Waals surface area contributed by atoms with Gasteiger partial charge in [0.15, 0.2) is 0 Å². The summed E-state index contributed by atoms with van der Waals surface area (Å²) in [5.74, 6) is 0.529. The van der Waals surface area contributed by atoms with Crippen LogP contribution in [0.15, 0.2) is 71.9 Å². The topological polar surface area (TPSA) is 29.5 Å². The highest BCUT2D eigenvalue weighted by atomic mass is 79.9. The summed E-state index contributed by atoms with van der Waals surface area (Å²) < 4.78 is 6.31. The standard InChI is InChI=1S/C19H16BrNO2/c1-14(20)13-18-17-10-6-5-7-15(17)11-12-21(18)19(22)23-16-8-3-2-4-9-16/h2-12,18H,1,13H2. The average molecular weight is 370 g/mol. The molecule has 1 unspecified atom stereocenters. The zero-order chi connectivity index (χ0) is 16.2. The minimum absolute atomic E-state index is 0.140. The van der Waals surface area contributed by atoms with Gasteiger partial charge in [0.25, 0.3) is 0 Å². The molecular weight excluding hydrogens is 354 g/mol. The lowest BCUT2D eigenvalue weighted by molar-refractivity contribution is 0.154. The van der Waals surface area contributed by atoms with E-state index in [1.165, 1.54) is 0 Å². The molecule has 0 radical (unpaired) electrons. The van der Waals surface area contributed by atoms with E-state index >= 15 is 0 Å². The number of nitrogens with zero attached hydrogens (tertiary/aromatic N) is 1. The van der Waals surface area contributed by atoms with Crippen molar-refractivity contribution >= 4 is 28.1 Å². The van der Waals surface area contributed by atoms with E-state index in [0.717, 1.165) is 15.6 Å². The van der Waals surface area contributed by atoms with Crippen molar-refractivity contribution < 1.29 is 9.53 Å². The molecule has 1 atom stereocenters. The average Bonchev–Trinajstić information content (AvgIpc) is 2.55. The van der Waals surface area contributed by atoms with Gasteiger partial charge in [-0.05, 0) is 33.8 Å². The molecule has 0 fully saturated rings. The van der Waals surface area contributed by atoms with Crippen molar-refractivity contribution in [3.05, 3.63) is 83.0 Å². The number of para-hydroxylation sites is 1. The lowest BCUT2D eigenvalue weighted by atomic mass is 9.94. The molecule has 0 saturated heterocycles. The van der Waals surface area contributed by atoms with Crippen molar-refractivity contribution in [3.63, 3.8) is 0 Å². The third-order valence-corrected chi connectivity index (χ3v) is 4.00. The van der Waals surface area contributed by atoms with Gasteiger partial charge in [-0.15, -0.1) is 0 Å². The van der Waals surface area contributed by atoms with Crippen molar-refractivity contribution in [1.29, 1.82) is 0 Å². The molecule has 0 N–H and O–H groups in total. The second-order valence-corrected chi connectivity index (χ2v) is 6.39. The molecule has 23 heavy (non-hydrogen) atoms. The Hall–Kier alpha value is -2.33. The fourth-order valence-corrected chi connectivity index (χ4v) is 2.94. The number of rotatable bonds is 3. The van der Waals surface area contributed by atoms with Crippen LogP contribution in [0.3, 0.4) is 0 Å². The van der Waals surface area contributed by atoms with Gasteiger partial charge in [-0.3, -0.25) is 4.90 Å². The van der Waals surface area contributed by atoms with Crippen molar-refractivity contribution in [2.45, 2.75) is 12.5 Å². The van der Waals surface area contributed by atoms with Crippen LogP contribution < -0.4 is 4.74 Å². The molecule has 0 saturated carbocycles. The predicted molar refractivity (Wildman–Crippen MR) is 95.2 cm³/mol. The lowest BCUT2D eigenvalue weighted by Gasteiger charge is -2.32. The quantitative estimate of drug-likeness (QED) is 0.713. The van der Waals surface area contributed by atoms with E-state index in [2.05, 4.69) is 22.5 Å². The Kier molecular flexibility index (Phi) is 4.63. The van der Waals surface area contributed by atoms with E-state index in [1.54, 1.807) is 23.2 Å². The van der Waals surface area contributed by atoms with Crippen LogP contribution in [-0.2, 0) is 0 Å². The van der Waals surface area contributed by atoms with Gasteiger partial charge in [-0.2, -0.15) is 0 Å². The van der Waals surface area contributed by atoms with E-state index < -0.39 is 6.09 Å². The van der Waals surface area contributed by atoms with E-state index in [1.807, 2.05) is 48.5 Å². The highest BCUT2D eigenvalue weighted by molar-refractivity contribution is 9.11. The fourth-order valence-electron chi connectivity index (χ4n) is 2.63. The third kappa shape index (κ3) is 3.54. The first-order valence-electron chi connectivity index (χ1n) is 7.31. The molecule has 0 bridgehead atoms. The van der Waals surface area contributed by atoms with Crippen LogP contribution in [0.2, 0.25) is 0 Å². The first-order valence-corrected chi connectivity index (χ1v) is 8.10. The zero-order valence-electron chi connectivity index (χ0n) is 12.5. The van der Waals surface area contributed by atoms with Crippen molar-refractivity contribution in [2.75, 3.05) is 0 Å². The molecule has 2 aromatic carbocycles. The SMILES string of the molecule is C=C(Br)CC1c2ccccc2C=CN1C(=O)Oc1ccccc1. The highest BCUT2D eigenvalue weighted by Gasteiger charge is 2.29. The Labute approximate surface area is 144 Å². The van der Waals surface area contributed by atoms with Gasteiger partial charge in [0.1, 0.15) is 5.75 Å². The van der Waals surface area contributed by atoms with Crippen molar-refractivity contribution in [2.24, 2.45) is 0 Å². The van der Waals surface area contributed by atoms with Gasteiger partial charge in [0, 0.05) is 12.6 Å². The van der Waals surface area contributed by atoms with Gasteiger partial charge in [0.05, 0.1) is 6.04 Å². The highest BCUT2D eigenvalue weighted by Crippen LogP contribution is 2.36. The number of amides is 1. The normalized spacial score (nSPS) is 15.9. The Balaban J connectivity index is 1.88. The van der Waals surface area contributed by atoms with E-state index in [4.69, 9.17) is 4.74 Å². The monoisotopic (exact) mass is 369 g/mol. The number of hydrogen-bond donors (Lipinski definition) is 0. The molecule has 116 valence electrons. The summed E-state index contributed by atoms with van der Waals surface area (Å²) in [5, 5.41) is 0. The van der Waals surface area contributed by atoms with Gasteiger partial charge in [0.2, 0.25) is 0 Å². The van der Waals surface area contributed by atoms with Crippen LogP contribution in [0.5, 0.6) is 5.75 Å². The van der Waals surface area contributed by atoms with Gasteiger partial charge in [-0.1, -0.05) is 65.0 Å². The predicted octanol–water partition coefficient (Wildman–Crippen LogP) is 5.51. The summed E-state index contributed by atoms with van der Waals surface area (Å²) in [7, 11) is 0. The van der Waals surface area contributed by atoms with Crippen LogP contribution in [-0.4, -0.2) is 11.0 Å². The second kappa shape index (κ2) is 6.84. The van der Waals surface area contributed by atoms with Crippen LogP contribution in [0, 0.1) is 0 Å². The summed E-state index contributed by atoms with van der Waals surface area (Å²) >= 11 is 3.41. The number of ether oxygens (including phenoxy) is 1. The molecular formula is C19H16BrNO2. The first-order chi connectivity index (χ1) is 11.1. The van der Waals surface area contributed by atoms with Crippen LogP contribution in [0.25, 0.3) is 6.08 Å². The fraction of sp³-hybridized carbons (Fsp3) is 0.105. The summed E-state index contributed by atoms with van der Waals surface area (Å²) in [5.41, 5.74) is 2.19. The minimum atomic E-state index is -0.402. The maximum Gasteiger partial charge on any atom is 0.419 e. The molecule has 1 aliphatic rings. The van der Waals surface area contributed by atoms with Crippen LogP contribution in [0.4, 0.5) is 4.79 Å². The summed E-state index contributed by atoms with van der Waals surface area (Å²) in [4.78, 5) is 14.2. The number of hydrogen-bond acceptors (Lipinski definition) is 2. The van der Waals surface area contributed by atoms with Gasteiger partial charge < -0.3 is 4.74 Å². The number of halogens is 1. The summed E-state index contributed by atoms with van der Waals surface area (Å²) in [6, 6.07) is 17.0. The molecule has 3 rings (SSSR count). The Bertz CT molecular complexity index is 755. The van der Waals surface area contributed by atoms with Crippen molar-refractivity contribution in [3.8, 4) is 5.75 Å². The second-order valence-electron chi connectivity index (χ2n) is 5.27. The first kappa shape index (κ1) is 15.6. The zero-order valence-corrected chi connectivity index (χ0v) is 14.1. The Morgan fingerprint density at radius 1 is 1.13 bits per heavy atom. The van der Waals surface area contributed by atoms with E-state index in [9.17, 15) is 4.79 Å². The molecule has 1 heterocycles. The molecule has 1 amide bonds. The Morgan fingerprint density at radius 2 is 1.83 bits per heavy atom. The van der Waals surface area contributed by atoms with Crippen LogP contribution in [0.1, 0.15) is 23.6 Å². The van der Waals surface area contributed by atoms with Gasteiger partial charge in [-0.25, -0.2) is 4.79 Å². The molecule has 3 nitrogen and oxygen atoms in total. The molecule has 0 aliphatic carbocycles. The lowest BCUT2D eigenvalue weighted by Crippen LogP contribution is -2.34. The Morgan fingerprint density at radius 3 is 2.57 bits per heavy atom. The van der Waals surface area contributed by atoms with Gasteiger partial charge >= 0.3 is 6.09 Å². The van der Waals surface area contributed by atoms with E-state index in [0.29, 0.717) is 12.2 Å². The number of benzene rings is 2. The largest absolute Gasteiger partial charge is 0.419 e. The van der Waals surface area contributed by atoms with E-state index in [-0.39, 0.29) is 6.04 Å².